The summed E-state index contributed by atoms with van der Waals surface area (Å²) in [6.07, 6.45) is -0.507. The first-order valence-electron chi connectivity index (χ1n) is 4.17. The lowest BCUT2D eigenvalue weighted by Crippen LogP contribution is -2.09. The van der Waals surface area contributed by atoms with Gasteiger partial charge in [0.2, 0.25) is 0 Å². The van der Waals surface area contributed by atoms with Gasteiger partial charge in [-0.3, -0.25) is 0 Å². The van der Waals surface area contributed by atoms with Crippen LogP contribution in [0.3, 0.4) is 0 Å². The molecule has 0 saturated heterocycles. The second-order valence-electron chi connectivity index (χ2n) is 2.80. The molecule has 1 aromatic carbocycles. The van der Waals surface area contributed by atoms with E-state index in [-0.39, 0.29) is 0 Å². The zero-order valence-corrected chi connectivity index (χ0v) is 8.15. The van der Waals surface area contributed by atoms with E-state index in [2.05, 4.69) is 0 Å². The molecule has 0 aliphatic heterocycles. The molecule has 0 fully saturated rings. The van der Waals surface area contributed by atoms with E-state index in [4.69, 9.17) is 20.5 Å². The molecule has 1 unspecified atom stereocenters. The van der Waals surface area contributed by atoms with Gasteiger partial charge in [0.25, 0.3) is 0 Å². The molecule has 0 radical (unpaired) electrons. The fourth-order valence-corrected chi connectivity index (χ4v) is 0.998. The highest BCUT2D eigenvalue weighted by atomic mass is 16.5. The van der Waals surface area contributed by atoms with Crippen LogP contribution in [0, 0.1) is 11.3 Å². The van der Waals surface area contributed by atoms with Crippen LogP contribution in [-0.2, 0) is 0 Å². The standard InChI is InChI=1S/C10H12N2O2/c1-7(6-11)14-9-4-3-8(12)5-10(9)13-2/h3-5,7H,12H2,1-2H3. The van der Waals surface area contributed by atoms with E-state index in [1.165, 1.54) is 7.11 Å². The summed E-state index contributed by atoms with van der Waals surface area (Å²) in [5.41, 5.74) is 6.16. The molecule has 74 valence electrons. The minimum Gasteiger partial charge on any atom is -0.493 e. The molecule has 0 aliphatic carbocycles. The molecule has 0 aromatic heterocycles. The van der Waals surface area contributed by atoms with Gasteiger partial charge in [-0.05, 0) is 19.1 Å². The second-order valence-corrected chi connectivity index (χ2v) is 2.80. The van der Waals surface area contributed by atoms with Gasteiger partial charge >= 0.3 is 0 Å². The van der Waals surface area contributed by atoms with Crippen LogP contribution in [0.4, 0.5) is 5.69 Å². The molecule has 4 heteroatoms. The van der Waals surface area contributed by atoms with Crippen LogP contribution in [0.25, 0.3) is 0 Å². The van der Waals surface area contributed by atoms with Crippen molar-refractivity contribution in [3.05, 3.63) is 18.2 Å². The minimum atomic E-state index is -0.507. The summed E-state index contributed by atoms with van der Waals surface area (Å²) >= 11 is 0. The molecular formula is C10H12N2O2. The average Bonchev–Trinajstić information content (AvgIpc) is 2.20. The van der Waals surface area contributed by atoms with Gasteiger partial charge in [-0.2, -0.15) is 5.26 Å². The number of hydrogen-bond acceptors (Lipinski definition) is 4. The number of methoxy groups -OCH3 is 1. The molecular weight excluding hydrogens is 180 g/mol. The highest BCUT2D eigenvalue weighted by molar-refractivity contribution is 5.52. The monoisotopic (exact) mass is 192 g/mol. The maximum absolute atomic E-state index is 8.57. The van der Waals surface area contributed by atoms with Crippen molar-refractivity contribution in [3.63, 3.8) is 0 Å². The van der Waals surface area contributed by atoms with E-state index in [1.807, 2.05) is 6.07 Å². The SMILES string of the molecule is COc1cc(N)ccc1OC(C)C#N. The maximum Gasteiger partial charge on any atom is 0.181 e. The Morgan fingerprint density at radius 3 is 2.71 bits per heavy atom. The number of nitrogen functional groups attached to an aromatic ring is 1. The van der Waals surface area contributed by atoms with Gasteiger partial charge in [-0.15, -0.1) is 0 Å². The lowest BCUT2D eigenvalue weighted by atomic mass is 10.3. The number of hydrogen-bond donors (Lipinski definition) is 1. The summed E-state index contributed by atoms with van der Waals surface area (Å²) in [5.74, 6) is 1.06. The van der Waals surface area contributed by atoms with Crippen LogP contribution in [0.2, 0.25) is 0 Å². The highest BCUT2D eigenvalue weighted by Gasteiger charge is 2.07. The molecule has 2 N–H and O–H groups in total. The third-order valence-corrected chi connectivity index (χ3v) is 1.67. The topological polar surface area (TPSA) is 68.3 Å². The quantitative estimate of drug-likeness (QED) is 0.738. The molecule has 0 amide bonds. The number of nitriles is 1. The Bertz CT molecular complexity index is 358. The first-order valence-corrected chi connectivity index (χ1v) is 4.17. The summed E-state index contributed by atoms with van der Waals surface area (Å²) in [4.78, 5) is 0. The molecule has 0 heterocycles. The van der Waals surface area contributed by atoms with Crippen molar-refractivity contribution in [3.8, 4) is 17.6 Å². The largest absolute Gasteiger partial charge is 0.493 e. The number of anilines is 1. The van der Waals surface area contributed by atoms with Gasteiger partial charge in [0.1, 0.15) is 6.07 Å². The van der Waals surface area contributed by atoms with Crippen molar-refractivity contribution in [1.82, 2.24) is 0 Å². The van der Waals surface area contributed by atoms with E-state index in [1.54, 1.807) is 25.1 Å². The van der Waals surface area contributed by atoms with Crippen LogP contribution in [0.1, 0.15) is 6.92 Å². The normalized spacial score (nSPS) is 11.5. The Morgan fingerprint density at radius 2 is 2.14 bits per heavy atom. The molecule has 1 atom stereocenters. The average molecular weight is 192 g/mol. The van der Waals surface area contributed by atoms with E-state index >= 15 is 0 Å². The van der Waals surface area contributed by atoms with Gasteiger partial charge in [0, 0.05) is 11.8 Å². The number of nitrogens with two attached hydrogens (primary N) is 1. The Balaban J connectivity index is 2.92. The van der Waals surface area contributed by atoms with E-state index < -0.39 is 6.10 Å². The molecule has 0 saturated carbocycles. The van der Waals surface area contributed by atoms with Crippen molar-refractivity contribution in [2.24, 2.45) is 0 Å². The number of benzene rings is 1. The molecule has 1 aromatic rings. The Morgan fingerprint density at radius 1 is 1.43 bits per heavy atom. The van der Waals surface area contributed by atoms with Crippen molar-refractivity contribution in [1.29, 1.82) is 5.26 Å². The van der Waals surface area contributed by atoms with Crippen LogP contribution in [0.15, 0.2) is 18.2 Å². The lowest BCUT2D eigenvalue weighted by Gasteiger charge is -2.11. The molecule has 4 nitrogen and oxygen atoms in total. The van der Waals surface area contributed by atoms with Crippen LogP contribution < -0.4 is 15.2 Å². The summed E-state index contributed by atoms with van der Waals surface area (Å²) in [6, 6.07) is 7.00. The predicted octanol–water partition coefficient (Wildman–Crippen LogP) is 1.57. The van der Waals surface area contributed by atoms with Gasteiger partial charge in [0.05, 0.1) is 7.11 Å². The zero-order chi connectivity index (χ0) is 10.6. The van der Waals surface area contributed by atoms with Gasteiger partial charge in [0.15, 0.2) is 17.6 Å². The zero-order valence-electron chi connectivity index (χ0n) is 8.15. The van der Waals surface area contributed by atoms with Crippen LogP contribution in [-0.4, -0.2) is 13.2 Å². The van der Waals surface area contributed by atoms with Crippen molar-refractivity contribution < 1.29 is 9.47 Å². The van der Waals surface area contributed by atoms with Crippen molar-refractivity contribution in [2.45, 2.75) is 13.0 Å². The van der Waals surface area contributed by atoms with Gasteiger partial charge in [-0.1, -0.05) is 0 Å². The van der Waals surface area contributed by atoms with E-state index in [9.17, 15) is 0 Å². The fraction of sp³-hybridized carbons (Fsp3) is 0.300. The molecule has 14 heavy (non-hydrogen) atoms. The van der Waals surface area contributed by atoms with E-state index in [0.717, 1.165) is 0 Å². The number of nitrogens with zero attached hydrogens (tertiary/aromatic N) is 1. The predicted molar refractivity (Wildman–Crippen MR) is 53.1 cm³/mol. The Labute approximate surface area is 82.9 Å². The molecule has 0 spiro atoms. The van der Waals surface area contributed by atoms with Crippen LogP contribution in [0.5, 0.6) is 11.5 Å². The van der Waals surface area contributed by atoms with Crippen molar-refractivity contribution in [2.75, 3.05) is 12.8 Å². The third kappa shape index (κ3) is 2.30. The summed E-state index contributed by atoms with van der Waals surface area (Å²) < 4.78 is 10.4. The third-order valence-electron chi connectivity index (χ3n) is 1.67. The Kier molecular flexibility index (Phi) is 3.19. The Hall–Kier alpha value is -1.89. The number of ether oxygens (including phenoxy) is 2. The second kappa shape index (κ2) is 4.38. The van der Waals surface area contributed by atoms with Gasteiger partial charge < -0.3 is 15.2 Å². The number of rotatable bonds is 3. The molecule has 1 rings (SSSR count). The summed E-state index contributed by atoms with van der Waals surface area (Å²) in [6.45, 7) is 1.66. The van der Waals surface area contributed by atoms with Gasteiger partial charge in [-0.25, -0.2) is 0 Å². The molecule has 0 bridgehead atoms. The summed E-state index contributed by atoms with van der Waals surface area (Å²) in [5, 5.41) is 8.57. The first kappa shape index (κ1) is 10.2. The molecule has 0 aliphatic rings. The van der Waals surface area contributed by atoms with E-state index in [0.29, 0.717) is 17.2 Å². The highest BCUT2D eigenvalue weighted by Crippen LogP contribution is 2.29. The first-order chi connectivity index (χ1) is 6.67. The summed E-state index contributed by atoms with van der Waals surface area (Å²) in [7, 11) is 1.53. The van der Waals surface area contributed by atoms with Crippen LogP contribution >= 0.6 is 0 Å². The van der Waals surface area contributed by atoms with Crippen molar-refractivity contribution >= 4 is 5.69 Å². The fourth-order valence-electron chi connectivity index (χ4n) is 0.998. The smallest absolute Gasteiger partial charge is 0.181 e. The minimum absolute atomic E-state index is 0.507. The lowest BCUT2D eigenvalue weighted by molar-refractivity contribution is 0.260. The maximum atomic E-state index is 8.57.